The maximum Gasteiger partial charge on any atom is 0.322 e. The third-order valence-electron chi connectivity index (χ3n) is 2.84. The van der Waals surface area contributed by atoms with Crippen molar-refractivity contribution in [1.29, 1.82) is 0 Å². The van der Waals surface area contributed by atoms with Crippen LogP contribution in [0.4, 0.5) is 0 Å². The summed E-state index contributed by atoms with van der Waals surface area (Å²) >= 11 is 0. The lowest BCUT2D eigenvalue weighted by Crippen LogP contribution is -2.01. The Kier molecular flexibility index (Phi) is 4.06. The fraction of sp³-hybridized carbons (Fsp3) is 0.357. The van der Waals surface area contributed by atoms with Gasteiger partial charge < -0.3 is 9.84 Å². The van der Waals surface area contributed by atoms with E-state index in [4.69, 9.17) is 9.84 Å². The molecule has 2 heterocycles. The lowest BCUT2D eigenvalue weighted by Gasteiger charge is -2.09. The zero-order valence-corrected chi connectivity index (χ0v) is 11.3. The van der Waals surface area contributed by atoms with Crippen molar-refractivity contribution in [2.75, 3.05) is 0 Å². The van der Waals surface area contributed by atoms with Crippen LogP contribution in [0, 0.1) is 13.8 Å². The van der Waals surface area contributed by atoms with Crippen LogP contribution in [0.25, 0.3) is 0 Å². The maximum absolute atomic E-state index is 9.08. The van der Waals surface area contributed by atoms with Crippen LogP contribution in [0.3, 0.4) is 0 Å². The van der Waals surface area contributed by atoms with Crippen molar-refractivity contribution in [1.82, 2.24) is 15.0 Å². The summed E-state index contributed by atoms with van der Waals surface area (Å²) in [6.07, 6.45) is 2.36. The van der Waals surface area contributed by atoms with Gasteiger partial charge in [0.05, 0.1) is 18.0 Å². The molecular weight excluding hydrogens is 242 g/mol. The minimum absolute atomic E-state index is 0.0710. The molecule has 5 nitrogen and oxygen atoms in total. The quantitative estimate of drug-likeness (QED) is 0.912. The van der Waals surface area contributed by atoms with Gasteiger partial charge in [0.25, 0.3) is 0 Å². The fourth-order valence-electron chi connectivity index (χ4n) is 1.72. The van der Waals surface area contributed by atoms with E-state index < -0.39 is 0 Å². The van der Waals surface area contributed by atoms with Crippen LogP contribution in [-0.4, -0.2) is 20.1 Å². The number of aromatic nitrogens is 3. The average Bonchev–Trinajstić information content (AvgIpc) is 2.41. The van der Waals surface area contributed by atoms with E-state index in [0.717, 1.165) is 17.8 Å². The number of hydrogen-bond donors (Lipinski definition) is 1. The van der Waals surface area contributed by atoms with Crippen molar-refractivity contribution >= 4 is 0 Å². The number of nitrogens with zero attached hydrogens (tertiary/aromatic N) is 3. The number of aliphatic hydroxyl groups excluding tert-OH is 1. The maximum atomic E-state index is 9.08. The van der Waals surface area contributed by atoms with Crippen LogP contribution in [0.2, 0.25) is 0 Å². The first-order valence-electron chi connectivity index (χ1n) is 6.21. The molecular formula is C14H17N3O2. The van der Waals surface area contributed by atoms with Gasteiger partial charge in [-0.2, -0.15) is 4.98 Å². The molecule has 0 aliphatic rings. The summed E-state index contributed by atoms with van der Waals surface area (Å²) < 4.78 is 5.67. The second-order valence-corrected chi connectivity index (χ2v) is 4.27. The molecule has 2 aromatic rings. The molecule has 0 fully saturated rings. The van der Waals surface area contributed by atoms with Crippen LogP contribution in [0.5, 0.6) is 11.8 Å². The van der Waals surface area contributed by atoms with E-state index in [1.807, 2.05) is 32.9 Å². The van der Waals surface area contributed by atoms with E-state index >= 15 is 0 Å². The van der Waals surface area contributed by atoms with Crippen LogP contribution in [0.1, 0.15) is 29.6 Å². The Labute approximate surface area is 112 Å². The summed E-state index contributed by atoms with van der Waals surface area (Å²) in [7, 11) is 0. The molecule has 0 saturated heterocycles. The van der Waals surface area contributed by atoms with Crippen molar-refractivity contribution in [3.63, 3.8) is 0 Å². The number of hydrogen-bond acceptors (Lipinski definition) is 5. The van der Waals surface area contributed by atoms with Crippen LogP contribution in [-0.2, 0) is 13.0 Å². The van der Waals surface area contributed by atoms with E-state index in [1.54, 1.807) is 6.20 Å². The molecule has 0 aliphatic carbocycles. The molecule has 5 heteroatoms. The number of ether oxygens (including phenoxy) is 1. The van der Waals surface area contributed by atoms with Crippen molar-refractivity contribution in [2.24, 2.45) is 0 Å². The molecule has 0 aliphatic heterocycles. The standard InChI is InChI=1S/C14H17N3O2/c1-4-12-13(6-5-9(2)16-12)19-14-15-7-11(8-18)10(3)17-14/h5-7,18H,4,8H2,1-3H3. The second kappa shape index (κ2) is 5.75. The predicted octanol–water partition coefficient (Wildman–Crippen LogP) is 2.34. The zero-order chi connectivity index (χ0) is 13.8. The highest BCUT2D eigenvalue weighted by atomic mass is 16.5. The van der Waals surface area contributed by atoms with Gasteiger partial charge in [0.15, 0.2) is 5.75 Å². The molecule has 0 radical (unpaired) electrons. The number of rotatable bonds is 4. The van der Waals surface area contributed by atoms with Crippen LogP contribution < -0.4 is 4.74 Å². The molecule has 2 aromatic heterocycles. The fourth-order valence-corrected chi connectivity index (χ4v) is 1.72. The third-order valence-corrected chi connectivity index (χ3v) is 2.84. The normalized spacial score (nSPS) is 10.5. The molecule has 0 amide bonds. The SMILES string of the molecule is CCc1nc(C)ccc1Oc1ncc(CO)c(C)n1. The molecule has 0 atom stereocenters. The lowest BCUT2D eigenvalue weighted by atomic mass is 10.2. The Hall–Kier alpha value is -2.01. The van der Waals surface area contributed by atoms with Gasteiger partial charge in [-0.1, -0.05) is 6.92 Å². The smallest absolute Gasteiger partial charge is 0.322 e. The van der Waals surface area contributed by atoms with Gasteiger partial charge in [-0.15, -0.1) is 0 Å². The number of pyridine rings is 1. The molecule has 100 valence electrons. The molecule has 0 unspecified atom stereocenters. The average molecular weight is 259 g/mol. The van der Waals surface area contributed by atoms with Gasteiger partial charge in [0, 0.05) is 17.5 Å². The summed E-state index contributed by atoms with van der Waals surface area (Å²) in [6, 6.07) is 4.04. The van der Waals surface area contributed by atoms with E-state index in [-0.39, 0.29) is 12.6 Å². The summed E-state index contributed by atoms with van der Waals surface area (Å²) in [6.45, 7) is 5.71. The van der Waals surface area contributed by atoms with E-state index in [2.05, 4.69) is 15.0 Å². The molecule has 19 heavy (non-hydrogen) atoms. The van der Waals surface area contributed by atoms with E-state index in [9.17, 15) is 0 Å². The van der Waals surface area contributed by atoms with E-state index in [0.29, 0.717) is 17.0 Å². The summed E-state index contributed by atoms with van der Waals surface area (Å²) in [4.78, 5) is 12.7. The predicted molar refractivity (Wildman–Crippen MR) is 71.1 cm³/mol. The van der Waals surface area contributed by atoms with Crippen molar-refractivity contribution in [3.8, 4) is 11.8 Å². The third kappa shape index (κ3) is 3.06. The van der Waals surface area contributed by atoms with Gasteiger partial charge in [-0.25, -0.2) is 4.98 Å². The van der Waals surface area contributed by atoms with Gasteiger partial charge in [0.1, 0.15) is 0 Å². The lowest BCUT2D eigenvalue weighted by molar-refractivity contribution is 0.279. The van der Waals surface area contributed by atoms with Gasteiger partial charge >= 0.3 is 6.01 Å². The van der Waals surface area contributed by atoms with E-state index in [1.165, 1.54) is 0 Å². The highest BCUT2D eigenvalue weighted by molar-refractivity contribution is 5.31. The number of aliphatic hydroxyl groups is 1. The zero-order valence-electron chi connectivity index (χ0n) is 11.3. The molecule has 2 rings (SSSR count). The number of aryl methyl sites for hydroxylation is 3. The minimum Gasteiger partial charge on any atom is -0.422 e. The molecule has 0 aromatic carbocycles. The first kappa shape index (κ1) is 13.4. The van der Waals surface area contributed by atoms with Gasteiger partial charge in [-0.3, -0.25) is 4.98 Å². The Bertz CT molecular complexity index is 585. The van der Waals surface area contributed by atoms with Crippen molar-refractivity contribution < 1.29 is 9.84 Å². The van der Waals surface area contributed by atoms with Crippen LogP contribution >= 0.6 is 0 Å². The highest BCUT2D eigenvalue weighted by Crippen LogP contribution is 2.22. The second-order valence-electron chi connectivity index (χ2n) is 4.27. The largest absolute Gasteiger partial charge is 0.422 e. The van der Waals surface area contributed by atoms with Crippen LogP contribution in [0.15, 0.2) is 18.3 Å². The summed E-state index contributed by atoms with van der Waals surface area (Å²) in [5.74, 6) is 0.671. The first-order valence-corrected chi connectivity index (χ1v) is 6.21. The Balaban J connectivity index is 2.28. The molecule has 1 N–H and O–H groups in total. The molecule has 0 spiro atoms. The van der Waals surface area contributed by atoms with Gasteiger partial charge in [0.2, 0.25) is 0 Å². The minimum atomic E-state index is -0.0710. The first-order chi connectivity index (χ1) is 9.13. The molecule has 0 bridgehead atoms. The van der Waals surface area contributed by atoms with Crippen molar-refractivity contribution in [3.05, 3.63) is 41.0 Å². The van der Waals surface area contributed by atoms with Crippen molar-refractivity contribution in [2.45, 2.75) is 33.8 Å². The van der Waals surface area contributed by atoms with Gasteiger partial charge in [-0.05, 0) is 32.4 Å². The topological polar surface area (TPSA) is 68.1 Å². The summed E-state index contributed by atoms with van der Waals surface area (Å²) in [5.41, 5.74) is 3.25. The summed E-state index contributed by atoms with van der Waals surface area (Å²) in [5, 5.41) is 9.08. The Morgan fingerprint density at radius 3 is 2.63 bits per heavy atom. The Morgan fingerprint density at radius 2 is 2.00 bits per heavy atom. The highest BCUT2D eigenvalue weighted by Gasteiger charge is 2.09. The Morgan fingerprint density at radius 1 is 1.21 bits per heavy atom. The molecule has 0 saturated carbocycles. The monoisotopic (exact) mass is 259 g/mol.